The van der Waals surface area contributed by atoms with Gasteiger partial charge in [0.1, 0.15) is 6.04 Å². The molecular weight excluding hydrogens is 192 g/mol. The zero-order valence-electron chi connectivity index (χ0n) is 8.92. The Labute approximate surface area is 89.8 Å². The van der Waals surface area contributed by atoms with Crippen LogP contribution in [0.1, 0.15) is 38.5 Å². The molecule has 4 nitrogen and oxygen atoms in total. The van der Waals surface area contributed by atoms with Gasteiger partial charge < -0.3 is 10.6 Å². The number of hydrogen-bond acceptors (Lipinski definition) is 2. The van der Waals surface area contributed by atoms with Gasteiger partial charge in [-0.15, -0.1) is 0 Å². The summed E-state index contributed by atoms with van der Waals surface area (Å²) in [4.78, 5) is 23.2. The topological polar surface area (TPSA) is 58.2 Å². The molecule has 2 aliphatic rings. The first kappa shape index (κ1) is 10.5. The van der Waals surface area contributed by atoms with Gasteiger partial charge >= 0.3 is 0 Å². The van der Waals surface area contributed by atoms with Crippen LogP contribution in [-0.2, 0) is 9.59 Å². The fourth-order valence-corrected chi connectivity index (χ4v) is 2.39. The van der Waals surface area contributed by atoms with Gasteiger partial charge in [0.15, 0.2) is 0 Å². The van der Waals surface area contributed by atoms with Crippen molar-refractivity contribution < 1.29 is 9.59 Å². The van der Waals surface area contributed by atoms with Gasteiger partial charge in [0.2, 0.25) is 11.8 Å². The van der Waals surface area contributed by atoms with E-state index in [2.05, 4.69) is 10.6 Å². The molecule has 2 N–H and O–H groups in total. The fourth-order valence-electron chi connectivity index (χ4n) is 2.39. The summed E-state index contributed by atoms with van der Waals surface area (Å²) in [6.45, 7) is 0.745. The number of nitrogens with one attached hydrogen (secondary N) is 2. The molecule has 2 rings (SSSR count). The Morgan fingerprint density at radius 2 is 1.93 bits per heavy atom. The maximum Gasteiger partial charge on any atom is 0.242 e. The van der Waals surface area contributed by atoms with Crippen LogP contribution in [0.3, 0.4) is 0 Å². The van der Waals surface area contributed by atoms with Crippen LogP contribution in [0.2, 0.25) is 0 Å². The van der Waals surface area contributed by atoms with E-state index in [1.807, 2.05) is 0 Å². The van der Waals surface area contributed by atoms with E-state index >= 15 is 0 Å². The third-order valence-corrected chi connectivity index (χ3v) is 3.33. The highest BCUT2D eigenvalue weighted by Gasteiger charge is 2.28. The van der Waals surface area contributed by atoms with Gasteiger partial charge in [0, 0.05) is 12.5 Å². The molecule has 1 aliphatic heterocycles. The van der Waals surface area contributed by atoms with Crippen molar-refractivity contribution in [2.45, 2.75) is 44.6 Å². The molecule has 1 saturated carbocycles. The molecule has 4 heteroatoms. The maximum absolute atomic E-state index is 11.8. The Morgan fingerprint density at radius 1 is 1.20 bits per heavy atom. The van der Waals surface area contributed by atoms with Gasteiger partial charge in [-0.1, -0.05) is 12.8 Å². The maximum atomic E-state index is 11.8. The van der Waals surface area contributed by atoms with Crippen LogP contribution in [0.5, 0.6) is 0 Å². The number of rotatable bonds is 2. The quantitative estimate of drug-likeness (QED) is 0.700. The van der Waals surface area contributed by atoms with E-state index in [9.17, 15) is 9.59 Å². The average Bonchev–Trinajstić information content (AvgIpc) is 2.74. The second kappa shape index (κ2) is 4.64. The van der Waals surface area contributed by atoms with Gasteiger partial charge in [-0.2, -0.15) is 0 Å². The minimum Gasteiger partial charge on any atom is -0.354 e. The lowest BCUT2D eigenvalue weighted by Crippen LogP contribution is -2.51. The minimum absolute atomic E-state index is 0.0207. The van der Waals surface area contributed by atoms with E-state index in [0.717, 1.165) is 45.1 Å². The van der Waals surface area contributed by atoms with E-state index < -0.39 is 0 Å². The Morgan fingerprint density at radius 3 is 2.60 bits per heavy atom. The Kier molecular flexibility index (Phi) is 3.23. The Bertz CT molecular complexity index is 259. The van der Waals surface area contributed by atoms with Gasteiger partial charge in [0.25, 0.3) is 0 Å². The van der Waals surface area contributed by atoms with Crippen LogP contribution in [0, 0.1) is 5.92 Å². The van der Waals surface area contributed by atoms with Crippen molar-refractivity contribution >= 4 is 11.8 Å². The highest BCUT2D eigenvalue weighted by Crippen LogP contribution is 2.24. The first-order chi connectivity index (χ1) is 7.27. The average molecular weight is 210 g/mol. The highest BCUT2D eigenvalue weighted by molar-refractivity contribution is 5.88. The van der Waals surface area contributed by atoms with E-state index in [0.29, 0.717) is 0 Å². The first-order valence-electron chi connectivity index (χ1n) is 5.85. The normalized spacial score (nSPS) is 27.5. The predicted molar refractivity (Wildman–Crippen MR) is 56.1 cm³/mol. The summed E-state index contributed by atoms with van der Waals surface area (Å²) in [5, 5.41) is 5.63. The van der Waals surface area contributed by atoms with Crippen LogP contribution >= 0.6 is 0 Å². The van der Waals surface area contributed by atoms with Crippen molar-refractivity contribution in [3.8, 4) is 0 Å². The van der Waals surface area contributed by atoms with E-state index in [-0.39, 0.29) is 23.8 Å². The van der Waals surface area contributed by atoms with Crippen molar-refractivity contribution in [2.75, 3.05) is 6.54 Å². The summed E-state index contributed by atoms with van der Waals surface area (Å²) in [5.41, 5.74) is 0. The van der Waals surface area contributed by atoms with Gasteiger partial charge in [0.05, 0.1) is 0 Å². The standard InChI is InChI=1S/C11H18N2O2/c14-10(8-4-1-2-5-8)13-9-6-3-7-12-11(9)15/h8-9H,1-7H2,(H,12,15)(H,13,14). The van der Waals surface area contributed by atoms with Crippen molar-refractivity contribution in [1.29, 1.82) is 0 Å². The molecule has 0 aromatic rings. The molecule has 0 spiro atoms. The smallest absolute Gasteiger partial charge is 0.242 e. The lowest BCUT2D eigenvalue weighted by molar-refractivity contribution is -0.132. The third kappa shape index (κ3) is 2.49. The monoisotopic (exact) mass is 210 g/mol. The SMILES string of the molecule is O=C(NC1CCCNC1=O)C1CCCC1. The molecule has 1 unspecified atom stereocenters. The van der Waals surface area contributed by atoms with Crippen molar-refractivity contribution in [3.05, 3.63) is 0 Å². The molecule has 1 saturated heterocycles. The lowest BCUT2D eigenvalue weighted by Gasteiger charge is -2.24. The molecule has 0 bridgehead atoms. The van der Waals surface area contributed by atoms with Crippen LogP contribution in [0.4, 0.5) is 0 Å². The van der Waals surface area contributed by atoms with E-state index in [1.165, 1.54) is 0 Å². The van der Waals surface area contributed by atoms with E-state index in [1.54, 1.807) is 0 Å². The number of carbonyl (C=O) groups is 2. The minimum atomic E-state index is -0.285. The fraction of sp³-hybridized carbons (Fsp3) is 0.818. The zero-order valence-corrected chi connectivity index (χ0v) is 8.92. The summed E-state index contributed by atoms with van der Waals surface area (Å²) < 4.78 is 0. The van der Waals surface area contributed by atoms with Crippen molar-refractivity contribution in [1.82, 2.24) is 10.6 Å². The predicted octanol–water partition coefficient (Wildman–Crippen LogP) is 0.571. The second-order valence-corrected chi connectivity index (χ2v) is 4.48. The molecule has 0 aromatic heterocycles. The van der Waals surface area contributed by atoms with E-state index in [4.69, 9.17) is 0 Å². The van der Waals surface area contributed by atoms with Crippen molar-refractivity contribution in [2.24, 2.45) is 5.92 Å². The summed E-state index contributed by atoms with van der Waals surface area (Å²) in [7, 11) is 0. The molecule has 84 valence electrons. The van der Waals surface area contributed by atoms with Crippen LogP contribution < -0.4 is 10.6 Å². The lowest BCUT2D eigenvalue weighted by atomic mass is 10.0. The molecule has 2 amide bonds. The molecule has 1 atom stereocenters. The molecule has 0 aromatic carbocycles. The summed E-state index contributed by atoms with van der Waals surface area (Å²) in [5.74, 6) is 0.210. The van der Waals surface area contributed by atoms with Crippen molar-refractivity contribution in [3.63, 3.8) is 0 Å². The third-order valence-electron chi connectivity index (χ3n) is 3.33. The van der Waals surface area contributed by atoms with Gasteiger partial charge in [-0.3, -0.25) is 9.59 Å². The van der Waals surface area contributed by atoms with Gasteiger partial charge in [-0.05, 0) is 25.7 Å². The summed E-state index contributed by atoms with van der Waals surface area (Å²) >= 11 is 0. The zero-order chi connectivity index (χ0) is 10.7. The number of hydrogen-bond donors (Lipinski definition) is 2. The molecule has 1 aliphatic carbocycles. The molecule has 1 heterocycles. The summed E-state index contributed by atoms with van der Waals surface area (Å²) in [6.07, 6.45) is 6.01. The summed E-state index contributed by atoms with van der Waals surface area (Å²) in [6, 6.07) is -0.285. The Hall–Kier alpha value is -1.06. The van der Waals surface area contributed by atoms with Gasteiger partial charge in [-0.25, -0.2) is 0 Å². The molecule has 0 radical (unpaired) electrons. The van der Waals surface area contributed by atoms with Crippen LogP contribution in [0.25, 0.3) is 0 Å². The molecule has 2 fully saturated rings. The molecule has 15 heavy (non-hydrogen) atoms. The number of amides is 2. The van der Waals surface area contributed by atoms with Crippen LogP contribution in [0.15, 0.2) is 0 Å². The second-order valence-electron chi connectivity index (χ2n) is 4.48. The first-order valence-corrected chi connectivity index (χ1v) is 5.85. The number of carbonyl (C=O) groups excluding carboxylic acids is 2. The largest absolute Gasteiger partial charge is 0.354 e. The van der Waals surface area contributed by atoms with Crippen LogP contribution in [-0.4, -0.2) is 24.4 Å². The number of piperidine rings is 1. The highest BCUT2D eigenvalue weighted by atomic mass is 16.2. The molecular formula is C11H18N2O2. The Balaban J connectivity index is 1.84.